The Morgan fingerprint density at radius 1 is 1.11 bits per heavy atom. The van der Waals surface area contributed by atoms with Gasteiger partial charge in [0.25, 0.3) is 0 Å². The van der Waals surface area contributed by atoms with E-state index < -0.39 is 17.9 Å². The maximum Gasteiger partial charge on any atom is 0.320 e. The van der Waals surface area contributed by atoms with Gasteiger partial charge in [-0.05, 0) is 25.8 Å². The van der Waals surface area contributed by atoms with Gasteiger partial charge in [0.2, 0.25) is 0 Å². The van der Waals surface area contributed by atoms with Gasteiger partial charge in [-0.3, -0.25) is 9.59 Å². The largest absolute Gasteiger partial charge is 0.465 e. The van der Waals surface area contributed by atoms with Crippen LogP contribution in [0.4, 0.5) is 0 Å². The van der Waals surface area contributed by atoms with Crippen LogP contribution in [-0.2, 0) is 19.1 Å². The molecule has 100 valence electrons. The fourth-order valence-electron chi connectivity index (χ4n) is 1.36. The summed E-state index contributed by atoms with van der Waals surface area (Å²) in [4.78, 5) is 23.4. The molecular formula is C14H20O4. The van der Waals surface area contributed by atoms with Crippen molar-refractivity contribution in [3.63, 3.8) is 0 Å². The molecule has 0 radical (unpaired) electrons. The van der Waals surface area contributed by atoms with Gasteiger partial charge in [-0.1, -0.05) is 31.4 Å². The lowest BCUT2D eigenvalue weighted by Gasteiger charge is -2.14. The molecule has 0 aromatic carbocycles. The van der Waals surface area contributed by atoms with Crippen molar-refractivity contribution in [2.45, 2.75) is 20.3 Å². The molecule has 18 heavy (non-hydrogen) atoms. The third kappa shape index (κ3) is 5.48. The minimum absolute atomic E-state index is 0.202. The van der Waals surface area contributed by atoms with Crippen LogP contribution in [0, 0.1) is 5.92 Å². The molecule has 0 unspecified atom stereocenters. The van der Waals surface area contributed by atoms with E-state index in [0.29, 0.717) is 0 Å². The van der Waals surface area contributed by atoms with Crippen molar-refractivity contribution in [3.05, 3.63) is 37.0 Å². The predicted molar refractivity (Wildman–Crippen MR) is 69.9 cm³/mol. The van der Waals surface area contributed by atoms with Crippen molar-refractivity contribution >= 4 is 11.9 Å². The van der Waals surface area contributed by atoms with Crippen molar-refractivity contribution < 1.29 is 19.1 Å². The fourth-order valence-corrected chi connectivity index (χ4v) is 1.36. The van der Waals surface area contributed by atoms with Crippen LogP contribution in [-0.4, -0.2) is 25.2 Å². The van der Waals surface area contributed by atoms with E-state index >= 15 is 0 Å². The second-order valence-corrected chi connectivity index (χ2v) is 3.44. The average Bonchev–Trinajstić information content (AvgIpc) is 2.34. The summed E-state index contributed by atoms with van der Waals surface area (Å²) in [7, 11) is 0. The van der Waals surface area contributed by atoms with E-state index in [1.54, 1.807) is 32.1 Å². The highest BCUT2D eigenvalue weighted by Crippen LogP contribution is 2.16. The molecule has 0 aliphatic heterocycles. The smallest absolute Gasteiger partial charge is 0.320 e. The van der Waals surface area contributed by atoms with E-state index in [2.05, 4.69) is 13.2 Å². The first-order valence-electron chi connectivity index (χ1n) is 5.87. The van der Waals surface area contributed by atoms with E-state index in [-0.39, 0.29) is 19.6 Å². The third-order valence-corrected chi connectivity index (χ3v) is 2.18. The standard InChI is InChI=1S/C14H20O4/c1-5-9-11(6-2)10-12(13(15)17-7-3)14(16)18-8-4/h5-6,9,12H,1-2,7-8,10H2,3-4H3/b11-9+. The minimum Gasteiger partial charge on any atom is -0.465 e. The van der Waals surface area contributed by atoms with Crippen LogP contribution in [0.25, 0.3) is 0 Å². The maximum absolute atomic E-state index is 11.7. The first-order valence-corrected chi connectivity index (χ1v) is 5.87. The summed E-state index contributed by atoms with van der Waals surface area (Å²) < 4.78 is 9.74. The molecule has 0 fully saturated rings. The quantitative estimate of drug-likeness (QED) is 0.378. The zero-order chi connectivity index (χ0) is 14.0. The van der Waals surface area contributed by atoms with Gasteiger partial charge in [0, 0.05) is 0 Å². The molecular weight excluding hydrogens is 232 g/mol. The van der Waals surface area contributed by atoms with Crippen LogP contribution < -0.4 is 0 Å². The van der Waals surface area contributed by atoms with Gasteiger partial charge in [0.05, 0.1) is 13.2 Å². The molecule has 0 aliphatic carbocycles. The Morgan fingerprint density at radius 3 is 1.94 bits per heavy atom. The number of carbonyl (C=O) groups excluding carboxylic acids is 2. The summed E-state index contributed by atoms with van der Waals surface area (Å²) in [5, 5.41) is 0. The Morgan fingerprint density at radius 2 is 1.61 bits per heavy atom. The normalized spacial score (nSPS) is 10.9. The van der Waals surface area contributed by atoms with Crippen molar-refractivity contribution in [1.82, 2.24) is 0 Å². The van der Waals surface area contributed by atoms with E-state index in [1.807, 2.05) is 0 Å². The molecule has 0 saturated carbocycles. The Balaban J connectivity index is 4.91. The second kappa shape index (κ2) is 9.22. The molecule has 0 heterocycles. The van der Waals surface area contributed by atoms with E-state index in [1.165, 1.54) is 0 Å². The number of hydrogen-bond acceptors (Lipinski definition) is 4. The van der Waals surface area contributed by atoms with E-state index in [4.69, 9.17) is 9.47 Å². The van der Waals surface area contributed by atoms with Crippen molar-refractivity contribution in [2.75, 3.05) is 13.2 Å². The second-order valence-electron chi connectivity index (χ2n) is 3.44. The molecule has 0 atom stereocenters. The lowest BCUT2D eigenvalue weighted by molar-refractivity contribution is -0.161. The molecule has 0 aromatic heterocycles. The molecule has 4 heteroatoms. The van der Waals surface area contributed by atoms with Crippen LogP contribution in [0.5, 0.6) is 0 Å². The molecule has 0 rings (SSSR count). The van der Waals surface area contributed by atoms with Gasteiger partial charge < -0.3 is 9.47 Å². The van der Waals surface area contributed by atoms with Crippen molar-refractivity contribution in [2.24, 2.45) is 5.92 Å². The topological polar surface area (TPSA) is 52.6 Å². The zero-order valence-corrected chi connectivity index (χ0v) is 11.0. The molecule has 0 saturated heterocycles. The van der Waals surface area contributed by atoms with Crippen LogP contribution in [0.1, 0.15) is 20.3 Å². The SMILES string of the molecule is C=C/C=C(\C=C)CC(C(=O)OCC)C(=O)OCC. The van der Waals surface area contributed by atoms with Crippen LogP contribution in [0.3, 0.4) is 0 Å². The lowest BCUT2D eigenvalue weighted by atomic mass is 9.99. The number of rotatable bonds is 8. The van der Waals surface area contributed by atoms with Gasteiger partial charge in [-0.2, -0.15) is 0 Å². The van der Waals surface area contributed by atoms with Gasteiger partial charge >= 0.3 is 11.9 Å². The van der Waals surface area contributed by atoms with E-state index in [9.17, 15) is 9.59 Å². The van der Waals surface area contributed by atoms with Gasteiger partial charge in [-0.15, -0.1) is 0 Å². The monoisotopic (exact) mass is 252 g/mol. The Hall–Kier alpha value is -1.84. The zero-order valence-electron chi connectivity index (χ0n) is 11.0. The number of esters is 2. The lowest BCUT2D eigenvalue weighted by Crippen LogP contribution is -2.28. The summed E-state index contributed by atoms with van der Waals surface area (Å²) >= 11 is 0. The predicted octanol–water partition coefficient (Wildman–Crippen LogP) is 2.42. The van der Waals surface area contributed by atoms with Crippen molar-refractivity contribution in [3.8, 4) is 0 Å². The molecule has 0 amide bonds. The molecule has 0 N–H and O–H groups in total. The van der Waals surface area contributed by atoms with Gasteiger partial charge in [0.15, 0.2) is 5.92 Å². The molecule has 4 nitrogen and oxygen atoms in total. The highest BCUT2D eigenvalue weighted by molar-refractivity contribution is 5.95. The van der Waals surface area contributed by atoms with Crippen LogP contribution in [0.2, 0.25) is 0 Å². The molecule has 0 aromatic rings. The molecule has 0 aliphatic rings. The highest BCUT2D eigenvalue weighted by Gasteiger charge is 2.29. The summed E-state index contributed by atoms with van der Waals surface area (Å²) in [5.41, 5.74) is 0.733. The number of hydrogen-bond donors (Lipinski definition) is 0. The summed E-state index contributed by atoms with van der Waals surface area (Å²) in [5.74, 6) is -2.10. The average molecular weight is 252 g/mol. The van der Waals surface area contributed by atoms with Gasteiger partial charge in [-0.25, -0.2) is 0 Å². The van der Waals surface area contributed by atoms with Crippen LogP contribution in [0.15, 0.2) is 37.0 Å². The minimum atomic E-state index is -0.950. The molecule has 0 spiro atoms. The fraction of sp³-hybridized carbons (Fsp3) is 0.429. The Labute approximate surface area is 108 Å². The molecule has 0 bridgehead atoms. The van der Waals surface area contributed by atoms with Crippen LogP contribution >= 0.6 is 0 Å². The number of ether oxygens (including phenoxy) is 2. The van der Waals surface area contributed by atoms with Crippen molar-refractivity contribution in [1.29, 1.82) is 0 Å². The third-order valence-electron chi connectivity index (χ3n) is 2.18. The maximum atomic E-state index is 11.7. The Kier molecular flexibility index (Phi) is 8.27. The number of allylic oxidation sites excluding steroid dienone is 4. The summed E-state index contributed by atoms with van der Waals surface area (Å²) in [6.07, 6.45) is 5.04. The highest BCUT2D eigenvalue weighted by atomic mass is 16.6. The summed E-state index contributed by atoms with van der Waals surface area (Å²) in [6, 6.07) is 0. The number of carbonyl (C=O) groups is 2. The Bertz CT molecular complexity index is 324. The first-order chi connectivity index (χ1) is 8.60. The van der Waals surface area contributed by atoms with E-state index in [0.717, 1.165) is 5.57 Å². The van der Waals surface area contributed by atoms with Gasteiger partial charge in [0.1, 0.15) is 0 Å². The summed E-state index contributed by atoms with van der Waals surface area (Å²) in [6.45, 7) is 11.0. The first kappa shape index (κ1) is 16.2.